The Balaban J connectivity index is 1.92. The van der Waals surface area contributed by atoms with E-state index in [1.807, 2.05) is 0 Å². The fourth-order valence-electron chi connectivity index (χ4n) is 2.86. The summed E-state index contributed by atoms with van der Waals surface area (Å²) < 4.78 is 3.86. The predicted octanol–water partition coefficient (Wildman–Crippen LogP) is 3.94. The summed E-state index contributed by atoms with van der Waals surface area (Å²) in [6, 6.07) is 0. The first-order valence-electron chi connectivity index (χ1n) is 7.22. The Bertz CT molecular complexity index is 655. The molecule has 1 aromatic heterocycles. The third-order valence-corrected chi connectivity index (χ3v) is 6.86. The van der Waals surface area contributed by atoms with E-state index in [1.165, 1.54) is 18.4 Å². The number of anilines is 1. The average Bonchev–Trinajstić information content (AvgIpc) is 2.83. The molecule has 22 heavy (non-hydrogen) atoms. The van der Waals surface area contributed by atoms with Crippen molar-refractivity contribution in [3.8, 4) is 0 Å². The molecule has 0 bridgehead atoms. The van der Waals surface area contributed by atoms with Crippen molar-refractivity contribution in [1.29, 1.82) is 0 Å². The number of amides is 1. The zero-order chi connectivity index (χ0) is 16.1. The molecule has 2 aliphatic carbocycles. The molecule has 1 heterocycles. The highest BCUT2D eigenvalue weighted by Gasteiger charge is 2.68. The minimum absolute atomic E-state index is 0.249. The molecule has 2 aliphatic rings. The maximum atomic E-state index is 12.5. The van der Waals surface area contributed by atoms with Crippen LogP contribution in [0.3, 0.4) is 0 Å². The summed E-state index contributed by atoms with van der Waals surface area (Å²) in [5, 5.41) is 3.41. The number of rotatable bonds is 3. The van der Waals surface area contributed by atoms with Crippen LogP contribution in [-0.2, 0) is 22.4 Å². The molecule has 1 fully saturated rings. The molecule has 0 aromatic carbocycles. The van der Waals surface area contributed by atoms with Gasteiger partial charge >= 0.3 is 5.97 Å². The number of methoxy groups -OCH3 is 1. The second-order valence-corrected chi connectivity index (χ2v) is 8.66. The summed E-state index contributed by atoms with van der Waals surface area (Å²) in [5.74, 6) is -0.653. The maximum Gasteiger partial charge on any atom is 0.341 e. The van der Waals surface area contributed by atoms with E-state index in [-0.39, 0.29) is 5.91 Å². The number of halogens is 2. The smallest absolute Gasteiger partial charge is 0.341 e. The van der Waals surface area contributed by atoms with Crippen LogP contribution in [0.25, 0.3) is 0 Å². The first kappa shape index (κ1) is 16.1. The lowest BCUT2D eigenvalue weighted by molar-refractivity contribution is -0.120. The van der Waals surface area contributed by atoms with E-state index < -0.39 is 15.7 Å². The van der Waals surface area contributed by atoms with E-state index >= 15 is 0 Å². The first-order valence-corrected chi connectivity index (χ1v) is 8.79. The van der Waals surface area contributed by atoms with Crippen molar-refractivity contribution in [3.05, 3.63) is 16.0 Å². The van der Waals surface area contributed by atoms with Gasteiger partial charge in [0.2, 0.25) is 5.91 Å². The van der Waals surface area contributed by atoms with Gasteiger partial charge in [0, 0.05) is 4.88 Å². The molecular formula is C15H17Cl2NO3S. The number of hydrogen-bond acceptors (Lipinski definition) is 4. The number of nitrogens with one attached hydrogen (secondary N) is 1. The Morgan fingerprint density at radius 3 is 2.50 bits per heavy atom. The third kappa shape index (κ3) is 2.43. The van der Waals surface area contributed by atoms with Crippen molar-refractivity contribution in [3.63, 3.8) is 0 Å². The highest BCUT2D eigenvalue weighted by molar-refractivity contribution is 7.17. The van der Waals surface area contributed by atoms with E-state index in [2.05, 4.69) is 5.32 Å². The van der Waals surface area contributed by atoms with E-state index in [0.717, 1.165) is 36.1 Å². The predicted molar refractivity (Wildman–Crippen MR) is 88.1 cm³/mol. The van der Waals surface area contributed by atoms with Gasteiger partial charge in [0.05, 0.1) is 18.1 Å². The summed E-state index contributed by atoms with van der Waals surface area (Å²) in [4.78, 5) is 25.7. The van der Waals surface area contributed by atoms with Gasteiger partial charge in [-0.2, -0.15) is 0 Å². The summed E-state index contributed by atoms with van der Waals surface area (Å²) in [7, 11) is 1.35. The lowest BCUT2D eigenvalue weighted by atomic mass is 9.95. The van der Waals surface area contributed by atoms with Gasteiger partial charge in [-0.1, -0.05) is 0 Å². The van der Waals surface area contributed by atoms with Gasteiger partial charge in [0.25, 0.3) is 0 Å². The highest BCUT2D eigenvalue weighted by atomic mass is 35.5. The van der Waals surface area contributed by atoms with Crippen LogP contribution in [-0.4, -0.2) is 23.3 Å². The number of esters is 1. The average molecular weight is 362 g/mol. The van der Waals surface area contributed by atoms with E-state index in [9.17, 15) is 9.59 Å². The quantitative estimate of drug-likeness (QED) is 0.655. The van der Waals surface area contributed by atoms with Crippen molar-refractivity contribution >= 4 is 51.4 Å². The van der Waals surface area contributed by atoms with Crippen LogP contribution >= 0.6 is 34.5 Å². The number of alkyl halides is 2. The number of ether oxygens (including phenoxy) is 1. The van der Waals surface area contributed by atoms with Crippen molar-refractivity contribution in [1.82, 2.24) is 0 Å². The summed E-state index contributed by atoms with van der Waals surface area (Å²) in [6.07, 6.45) is 4.34. The van der Waals surface area contributed by atoms with Gasteiger partial charge in [-0.25, -0.2) is 4.79 Å². The molecule has 0 aliphatic heterocycles. The Hall–Kier alpha value is -0.780. The molecule has 0 spiro atoms. The van der Waals surface area contributed by atoms with Crippen LogP contribution < -0.4 is 5.32 Å². The van der Waals surface area contributed by atoms with Crippen LogP contribution in [0.2, 0.25) is 0 Å². The summed E-state index contributed by atoms with van der Waals surface area (Å²) >= 11 is 13.6. The molecule has 1 N–H and O–H groups in total. The lowest BCUT2D eigenvalue weighted by Gasteiger charge is -2.13. The normalized spacial score (nSPS) is 25.3. The highest BCUT2D eigenvalue weighted by Crippen LogP contribution is 2.64. The fraction of sp³-hybridized carbons (Fsp3) is 0.600. The molecule has 1 saturated carbocycles. The topological polar surface area (TPSA) is 55.4 Å². The van der Waals surface area contributed by atoms with Crippen LogP contribution in [0.4, 0.5) is 5.00 Å². The SMILES string of the molecule is COC(=O)c1c(NC(=O)C2(C)CC2(Cl)Cl)sc2c1CCCC2. The van der Waals surface area contributed by atoms with Crippen LogP contribution in [0.5, 0.6) is 0 Å². The molecule has 4 nitrogen and oxygen atoms in total. The Labute approximate surface area is 143 Å². The van der Waals surface area contributed by atoms with Gasteiger partial charge in [-0.05, 0) is 44.6 Å². The Morgan fingerprint density at radius 1 is 1.27 bits per heavy atom. The molecule has 0 radical (unpaired) electrons. The van der Waals surface area contributed by atoms with Crippen molar-refractivity contribution in [2.24, 2.45) is 5.41 Å². The van der Waals surface area contributed by atoms with Crippen molar-refractivity contribution in [2.75, 3.05) is 12.4 Å². The van der Waals surface area contributed by atoms with E-state index in [1.54, 1.807) is 6.92 Å². The van der Waals surface area contributed by atoms with Gasteiger partial charge in [0.15, 0.2) is 0 Å². The largest absolute Gasteiger partial charge is 0.465 e. The molecule has 1 atom stereocenters. The van der Waals surface area contributed by atoms with Crippen molar-refractivity contribution < 1.29 is 14.3 Å². The third-order valence-electron chi connectivity index (χ3n) is 4.55. The zero-order valence-corrected chi connectivity index (χ0v) is 14.8. The molecular weight excluding hydrogens is 345 g/mol. The number of thiophene rings is 1. The second-order valence-electron chi connectivity index (χ2n) is 6.07. The van der Waals surface area contributed by atoms with E-state index in [0.29, 0.717) is 17.0 Å². The molecule has 1 aromatic rings. The monoisotopic (exact) mass is 361 g/mol. The lowest BCUT2D eigenvalue weighted by Crippen LogP contribution is -2.26. The molecule has 120 valence electrons. The Kier molecular flexibility index (Phi) is 3.94. The maximum absolute atomic E-state index is 12.5. The van der Waals surface area contributed by atoms with Crippen LogP contribution in [0.15, 0.2) is 0 Å². The van der Waals surface area contributed by atoms with Crippen molar-refractivity contribution in [2.45, 2.75) is 43.4 Å². The standard InChI is InChI=1S/C15H17Cl2NO3S/c1-14(7-15(14,16)17)13(20)18-11-10(12(19)21-2)8-5-3-4-6-9(8)22-11/h3-7H2,1-2H3,(H,18,20). The minimum Gasteiger partial charge on any atom is -0.465 e. The van der Waals surface area contributed by atoms with Gasteiger partial charge in [-0.3, -0.25) is 4.79 Å². The van der Waals surface area contributed by atoms with Crippen LogP contribution in [0.1, 0.15) is 47.0 Å². The number of hydrogen-bond donors (Lipinski definition) is 1. The molecule has 1 amide bonds. The number of fused-ring (bicyclic) bond motifs is 1. The number of aryl methyl sites for hydroxylation is 1. The molecule has 1 unspecified atom stereocenters. The zero-order valence-electron chi connectivity index (χ0n) is 12.4. The Morgan fingerprint density at radius 2 is 1.91 bits per heavy atom. The number of carbonyl (C=O) groups excluding carboxylic acids is 2. The second kappa shape index (κ2) is 5.39. The first-order chi connectivity index (χ1) is 10.3. The molecule has 0 saturated heterocycles. The summed E-state index contributed by atoms with van der Waals surface area (Å²) in [6.45, 7) is 1.73. The van der Waals surface area contributed by atoms with Gasteiger partial charge < -0.3 is 10.1 Å². The van der Waals surface area contributed by atoms with Gasteiger partial charge in [-0.15, -0.1) is 34.5 Å². The van der Waals surface area contributed by atoms with Crippen LogP contribution in [0, 0.1) is 5.41 Å². The molecule has 7 heteroatoms. The number of carbonyl (C=O) groups is 2. The fourth-order valence-corrected chi connectivity index (χ4v) is 4.84. The summed E-state index contributed by atoms with van der Waals surface area (Å²) in [5.41, 5.74) is 0.700. The molecule has 3 rings (SSSR count). The minimum atomic E-state index is -1.03. The van der Waals surface area contributed by atoms with Gasteiger partial charge in [0.1, 0.15) is 9.33 Å². The van der Waals surface area contributed by atoms with E-state index in [4.69, 9.17) is 27.9 Å².